The van der Waals surface area contributed by atoms with Crippen LogP contribution in [0.2, 0.25) is 0 Å². The zero-order valence-electron chi connectivity index (χ0n) is 16.4. The molecule has 0 aliphatic carbocycles. The van der Waals surface area contributed by atoms with Gasteiger partial charge in [0.25, 0.3) is 15.9 Å². The number of carbonyl (C=O) groups is 1. The van der Waals surface area contributed by atoms with Crippen LogP contribution in [0.5, 0.6) is 0 Å². The Labute approximate surface area is 176 Å². The number of hydrogen-bond acceptors (Lipinski definition) is 5. The molecule has 1 saturated heterocycles. The van der Waals surface area contributed by atoms with E-state index in [-0.39, 0.29) is 10.8 Å². The fourth-order valence-corrected chi connectivity index (χ4v) is 5.26. The molecule has 0 unspecified atom stereocenters. The smallest absolute Gasteiger partial charge is 0.261 e. The largest absolute Gasteiger partial charge is 0.381 e. The first-order valence-electron chi connectivity index (χ1n) is 9.61. The summed E-state index contributed by atoms with van der Waals surface area (Å²) >= 11 is 1.87. The van der Waals surface area contributed by atoms with Crippen LogP contribution in [-0.2, 0) is 14.8 Å². The minimum absolute atomic E-state index is 0.161. The standard InChI is InChI=1S/C21H26N2O4S2/c1-16-3-2-4-20(15-16)29(25,26)23-18-7-5-17(6-8-18)21(24)22-11-14-28-19-9-12-27-13-10-19/h2-8,15,19,23H,9-14H2,1H3,(H,22,24). The summed E-state index contributed by atoms with van der Waals surface area (Å²) in [6, 6.07) is 13.1. The van der Waals surface area contributed by atoms with Crippen LogP contribution in [-0.4, -0.2) is 45.1 Å². The topological polar surface area (TPSA) is 84.5 Å². The molecule has 1 fully saturated rings. The summed E-state index contributed by atoms with van der Waals surface area (Å²) in [6.45, 7) is 4.09. The molecule has 6 nitrogen and oxygen atoms in total. The van der Waals surface area contributed by atoms with Crippen LogP contribution in [0.15, 0.2) is 53.4 Å². The number of anilines is 1. The molecular weight excluding hydrogens is 408 g/mol. The number of thioether (sulfide) groups is 1. The van der Waals surface area contributed by atoms with Crippen LogP contribution >= 0.6 is 11.8 Å². The van der Waals surface area contributed by atoms with Crippen molar-refractivity contribution in [1.29, 1.82) is 0 Å². The Balaban J connectivity index is 1.49. The monoisotopic (exact) mass is 434 g/mol. The number of ether oxygens (including phenoxy) is 1. The van der Waals surface area contributed by atoms with E-state index in [0.717, 1.165) is 37.4 Å². The number of hydrogen-bond donors (Lipinski definition) is 2. The Morgan fingerprint density at radius 2 is 1.86 bits per heavy atom. The van der Waals surface area contributed by atoms with Gasteiger partial charge in [0.1, 0.15) is 0 Å². The highest BCUT2D eigenvalue weighted by Crippen LogP contribution is 2.21. The van der Waals surface area contributed by atoms with E-state index in [0.29, 0.717) is 23.0 Å². The Morgan fingerprint density at radius 3 is 2.55 bits per heavy atom. The normalized spacial score (nSPS) is 15.1. The van der Waals surface area contributed by atoms with E-state index in [1.54, 1.807) is 42.5 Å². The summed E-state index contributed by atoms with van der Waals surface area (Å²) in [5, 5.41) is 3.52. The number of benzene rings is 2. The molecular formula is C21H26N2O4S2. The first-order chi connectivity index (χ1) is 13.9. The maximum Gasteiger partial charge on any atom is 0.261 e. The molecule has 2 N–H and O–H groups in total. The number of sulfonamides is 1. The molecule has 2 aromatic carbocycles. The van der Waals surface area contributed by atoms with E-state index < -0.39 is 10.0 Å². The van der Waals surface area contributed by atoms with Gasteiger partial charge in [-0.1, -0.05) is 12.1 Å². The summed E-state index contributed by atoms with van der Waals surface area (Å²) in [4.78, 5) is 12.5. The van der Waals surface area contributed by atoms with Crippen LogP contribution in [0, 0.1) is 6.92 Å². The zero-order chi connectivity index (χ0) is 20.7. The average molecular weight is 435 g/mol. The maximum atomic E-state index is 12.5. The second-order valence-electron chi connectivity index (χ2n) is 6.94. The molecule has 2 aromatic rings. The highest BCUT2D eigenvalue weighted by Gasteiger charge is 2.15. The van der Waals surface area contributed by atoms with Crippen molar-refractivity contribution in [1.82, 2.24) is 5.32 Å². The minimum atomic E-state index is -3.66. The summed E-state index contributed by atoms with van der Waals surface area (Å²) in [6.07, 6.45) is 2.14. The fraction of sp³-hybridized carbons (Fsp3) is 0.381. The van der Waals surface area contributed by atoms with Crippen LogP contribution in [0.3, 0.4) is 0 Å². The zero-order valence-corrected chi connectivity index (χ0v) is 18.0. The maximum absolute atomic E-state index is 12.5. The SMILES string of the molecule is Cc1cccc(S(=O)(=O)Nc2ccc(C(=O)NCCSC3CCOCC3)cc2)c1. The van der Waals surface area contributed by atoms with Gasteiger partial charge in [-0.2, -0.15) is 11.8 Å². The van der Waals surface area contributed by atoms with Gasteiger partial charge in [0.05, 0.1) is 4.90 Å². The molecule has 0 aromatic heterocycles. The third kappa shape index (κ3) is 6.48. The van der Waals surface area contributed by atoms with Crippen molar-refractivity contribution in [2.75, 3.05) is 30.2 Å². The Morgan fingerprint density at radius 1 is 1.14 bits per heavy atom. The molecule has 0 atom stereocenters. The van der Waals surface area contributed by atoms with E-state index in [1.165, 1.54) is 0 Å². The summed E-state index contributed by atoms with van der Waals surface area (Å²) in [5.41, 5.74) is 1.78. The first kappa shape index (κ1) is 21.7. The first-order valence-corrected chi connectivity index (χ1v) is 12.1. The molecule has 1 heterocycles. The van der Waals surface area contributed by atoms with Crippen molar-refractivity contribution >= 4 is 33.4 Å². The molecule has 0 spiro atoms. The van der Waals surface area contributed by atoms with Gasteiger partial charge in [0.15, 0.2) is 0 Å². The second kappa shape index (κ2) is 10.1. The minimum Gasteiger partial charge on any atom is -0.381 e. The quantitative estimate of drug-likeness (QED) is 0.622. The molecule has 1 amide bonds. The number of aryl methyl sites for hydroxylation is 1. The summed E-state index contributed by atoms with van der Waals surface area (Å²) < 4.78 is 32.8. The lowest BCUT2D eigenvalue weighted by atomic mass is 10.2. The molecule has 29 heavy (non-hydrogen) atoms. The van der Waals surface area contributed by atoms with E-state index in [1.807, 2.05) is 24.8 Å². The Bertz CT molecular complexity index is 924. The van der Waals surface area contributed by atoms with Crippen molar-refractivity contribution in [3.8, 4) is 0 Å². The van der Waals surface area contributed by atoms with Gasteiger partial charge in [-0.15, -0.1) is 0 Å². The fourth-order valence-electron chi connectivity index (χ4n) is 3.02. The van der Waals surface area contributed by atoms with Gasteiger partial charge in [0.2, 0.25) is 0 Å². The Hall–Kier alpha value is -2.03. The van der Waals surface area contributed by atoms with Crippen molar-refractivity contribution in [3.63, 3.8) is 0 Å². The van der Waals surface area contributed by atoms with Gasteiger partial charge >= 0.3 is 0 Å². The lowest BCUT2D eigenvalue weighted by molar-refractivity contribution is 0.0955. The third-order valence-corrected chi connectivity index (χ3v) is 7.37. The summed E-state index contributed by atoms with van der Waals surface area (Å²) in [7, 11) is -3.66. The highest BCUT2D eigenvalue weighted by atomic mass is 32.2. The molecule has 1 aliphatic heterocycles. The van der Waals surface area contributed by atoms with Crippen LogP contribution in [0.1, 0.15) is 28.8 Å². The average Bonchev–Trinajstić information content (AvgIpc) is 2.72. The van der Waals surface area contributed by atoms with E-state index in [9.17, 15) is 13.2 Å². The van der Waals surface area contributed by atoms with Crippen molar-refractivity contribution in [2.45, 2.75) is 29.9 Å². The van der Waals surface area contributed by atoms with E-state index >= 15 is 0 Å². The van der Waals surface area contributed by atoms with Crippen molar-refractivity contribution in [2.24, 2.45) is 0 Å². The predicted molar refractivity (Wildman–Crippen MR) is 117 cm³/mol. The molecule has 3 rings (SSSR count). The predicted octanol–water partition coefficient (Wildman–Crippen LogP) is 3.44. The molecule has 0 bridgehead atoms. The molecule has 0 saturated carbocycles. The Kier molecular flexibility index (Phi) is 7.57. The second-order valence-corrected chi connectivity index (χ2v) is 10.0. The van der Waals surface area contributed by atoms with Crippen LogP contribution in [0.4, 0.5) is 5.69 Å². The van der Waals surface area contributed by atoms with E-state index in [2.05, 4.69) is 10.0 Å². The number of amides is 1. The molecule has 1 aliphatic rings. The highest BCUT2D eigenvalue weighted by molar-refractivity contribution is 7.99. The molecule has 8 heteroatoms. The summed E-state index contributed by atoms with van der Waals surface area (Å²) in [5.74, 6) is 0.704. The van der Waals surface area contributed by atoms with Gasteiger partial charge < -0.3 is 10.1 Å². The third-order valence-electron chi connectivity index (χ3n) is 4.61. The van der Waals surface area contributed by atoms with Gasteiger partial charge in [-0.25, -0.2) is 8.42 Å². The number of carbonyl (C=O) groups excluding carboxylic acids is 1. The van der Waals surface area contributed by atoms with Gasteiger partial charge in [0, 0.05) is 42.0 Å². The molecule has 0 radical (unpaired) electrons. The number of rotatable bonds is 8. The lowest BCUT2D eigenvalue weighted by Gasteiger charge is -2.21. The van der Waals surface area contributed by atoms with E-state index in [4.69, 9.17) is 4.74 Å². The number of nitrogens with one attached hydrogen (secondary N) is 2. The van der Waals surface area contributed by atoms with Crippen molar-refractivity contribution in [3.05, 3.63) is 59.7 Å². The van der Waals surface area contributed by atoms with Gasteiger partial charge in [-0.05, 0) is 61.7 Å². The lowest BCUT2D eigenvalue weighted by Crippen LogP contribution is -2.27. The van der Waals surface area contributed by atoms with Crippen molar-refractivity contribution < 1.29 is 17.9 Å². The molecule has 156 valence electrons. The van der Waals surface area contributed by atoms with Crippen LogP contribution < -0.4 is 10.0 Å². The van der Waals surface area contributed by atoms with Gasteiger partial charge in [-0.3, -0.25) is 9.52 Å². The van der Waals surface area contributed by atoms with Crippen LogP contribution in [0.25, 0.3) is 0 Å².